The van der Waals surface area contributed by atoms with Gasteiger partial charge in [-0.1, -0.05) is 0 Å². The van der Waals surface area contributed by atoms with E-state index in [9.17, 15) is 14.9 Å². The van der Waals surface area contributed by atoms with Gasteiger partial charge in [0.05, 0.1) is 17.1 Å². The van der Waals surface area contributed by atoms with Crippen LogP contribution in [-0.4, -0.2) is 42.0 Å². The highest BCUT2D eigenvalue weighted by atomic mass is 16.6. The molecule has 1 unspecified atom stereocenters. The smallest absolute Gasteiger partial charge is 0.276 e. The van der Waals surface area contributed by atoms with E-state index in [1.165, 1.54) is 12.1 Å². The van der Waals surface area contributed by atoms with Gasteiger partial charge < -0.3 is 15.5 Å². The Morgan fingerprint density at radius 3 is 2.95 bits per heavy atom. The van der Waals surface area contributed by atoms with E-state index in [1.54, 1.807) is 7.05 Å². The summed E-state index contributed by atoms with van der Waals surface area (Å²) >= 11 is 0. The molecule has 1 aliphatic rings. The number of likely N-dealkylation sites (N-methyl/N-ethyl adjacent to an activating group) is 1. The number of nitrogens with one attached hydrogen (secondary N) is 2. The highest BCUT2D eigenvalue weighted by Gasteiger charge is 2.32. The molecule has 1 fully saturated rings. The van der Waals surface area contributed by atoms with E-state index < -0.39 is 4.92 Å². The minimum Gasteiger partial charge on any atom is -0.370 e. The zero-order chi connectivity index (χ0) is 15.4. The number of nitro groups is 1. The van der Waals surface area contributed by atoms with Crippen LogP contribution < -0.4 is 15.5 Å². The van der Waals surface area contributed by atoms with Crippen molar-refractivity contribution in [2.45, 2.75) is 25.8 Å². The second kappa shape index (κ2) is 6.38. The van der Waals surface area contributed by atoms with E-state index in [2.05, 4.69) is 15.6 Å². The Bertz CT molecular complexity index is 549. The Hall–Kier alpha value is -2.38. The first-order valence-electron chi connectivity index (χ1n) is 6.95. The average molecular weight is 293 g/mol. The van der Waals surface area contributed by atoms with Crippen molar-refractivity contribution in [1.82, 2.24) is 10.3 Å². The van der Waals surface area contributed by atoms with Gasteiger partial charge >= 0.3 is 0 Å². The largest absolute Gasteiger partial charge is 0.370 e. The summed E-state index contributed by atoms with van der Waals surface area (Å²) in [4.78, 5) is 28.7. The third-order valence-corrected chi connectivity index (χ3v) is 3.46. The maximum atomic E-state index is 11.9. The monoisotopic (exact) mass is 293 g/mol. The maximum absolute atomic E-state index is 11.9. The van der Waals surface area contributed by atoms with Crippen LogP contribution in [0.3, 0.4) is 0 Å². The minimum atomic E-state index is -0.447. The van der Waals surface area contributed by atoms with E-state index in [1.807, 2.05) is 11.8 Å². The summed E-state index contributed by atoms with van der Waals surface area (Å²) in [5.74, 6) is 0.821. The maximum Gasteiger partial charge on any atom is 0.276 e. The fourth-order valence-electron chi connectivity index (χ4n) is 2.51. The summed E-state index contributed by atoms with van der Waals surface area (Å²) in [6.45, 7) is 3.17. The number of nitrogens with zero attached hydrogens (tertiary/aromatic N) is 3. The lowest BCUT2D eigenvalue weighted by molar-refractivity contribution is -0.384. The second-order valence-electron chi connectivity index (χ2n) is 4.82. The standard InChI is InChI=1S/C13H19N5O3/c1-3-15-11-7-9(18(20)21)8-12(16-11)17-6-4-5-10(17)13(19)14-2/h7-8,10H,3-6H2,1-2H3,(H,14,19)(H,15,16). The molecule has 1 aromatic rings. The van der Waals surface area contributed by atoms with Gasteiger partial charge in [-0.25, -0.2) is 4.98 Å². The predicted octanol–water partition coefficient (Wildman–Crippen LogP) is 1.14. The van der Waals surface area contributed by atoms with Gasteiger partial charge in [-0.15, -0.1) is 0 Å². The third-order valence-electron chi connectivity index (χ3n) is 3.46. The van der Waals surface area contributed by atoms with Crippen molar-refractivity contribution in [1.29, 1.82) is 0 Å². The molecule has 0 spiro atoms. The molecule has 1 aliphatic heterocycles. The lowest BCUT2D eigenvalue weighted by Crippen LogP contribution is -2.42. The molecule has 8 nitrogen and oxygen atoms in total. The molecule has 1 atom stereocenters. The summed E-state index contributed by atoms with van der Waals surface area (Å²) in [7, 11) is 1.59. The number of rotatable bonds is 5. The zero-order valence-corrected chi connectivity index (χ0v) is 12.1. The van der Waals surface area contributed by atoms with Crippen molar-refractivity contribution in [2.24, 2.45) is 0 Å². The average Bonchev–Trinajstić information content (AvgIpc) is 2.95. The summed E-state index contributed by atoms with van der Waals surface area (Å²) in [5.41, 5.74) is -0.0292. The first-order chi connectivity index (χ1) is 10.1. The molecule has 2 heterocycles. The number of anilines is 2. The number of hydrogen-bond acceptors (Lipinski definition) is 6. The molecule has 0 radical (unpaired) electrons. The van der Waals surface area contributed by atoms with Crippen LogP contribution in [0.15, 0.2) is 12.1 Å². The van der Waals surface area contributed by atoms with Crippen LogP contribution in [0.5, 0.6) is 0 Å². The first-order valence-corrected chi connectivity index (χ1v) is 6.95. The van der Waals surface area contributed by atoms with E-state index in [0.29, 0.717) is 24.7 Å². The Morgan fingerprint density at radius 2 is 2.33 bits per heavy atom. The quantitative estimate of drug-likeness (QED) is 0.623. The summed E-state index contributed by atoms with van der Waals surface area (Å²) in [6.07, 6.45) is 1.58. The molecule has 1 saturated heterocycles. The molecule has 8 heteroatoms. The summed E-state index contributed by atoms with van der Waals surface area (Å²) < 4.78 is 0. The van der Waals surface area contributed by atoms with Crippen molar-refractivity contribution in [2.75, 3.05) is 30.4 Å². The number of hydrogen-bond donors (Lipinski definition) is 2. The molecule has 1 aromatic heterocycles. The number of pyridine rings is 1. The Labute approximate surface area is 122 Å². The van der Waals surface area contributed by atoms with Crippen molar-refractivity contribution in [3.05, 3.63) is 22.2 Å². The van der Waals surface area contributed by atoms with Gasteiger partial charge in [-0.3, -0.25) is 14.9 Å². The number of carbonyl (C=O) groups is 1. The van der Waals surface area contributed by atoms with Gasteiger partial charge in [-0.2, -0.15) is 0 Å². The fourth-order valence-corrected chi connectivity index (χ4v) is 2.51. The fraction of sp³-hybridized carbons (Fsp3) is 0.538. The topological polar surface area (TPSA) is 100 Å². The summed E-state index contributed by atoms with van der Waals surface area (Å²) in [6, 6.07) is 2.50. The molecule has 2 N–H and O–H groups in total. The molecule has 0 aliphatic carbocycles. The van der Waals surface area contributed by atoms with Gasteiger partial charge in [0.1, 0.15) is 17.7 Å². The van der Waals surface area contributed by atoms with Crippen LogP contribution in [-0.2, 0) is 4.79 Å². The summed E-state index contributed by atoms with van der Waals surface area (Å²) in [5, 5.41) is 16.7. The van der Waals surface area contributed by atoms with Crippen LogP contribution in [0.4, 0.5) is 17.3 Å². The molecular weight excluding hydrogens is 274 g/mol. The number of aromatic nitrogens is 1. The van der Waals surface area contributed by atoms with Gasteiger partial charge in [0, 0.05) is 20.1 Å². The van der Waals surface area contributed by atoms with Crippen molar-refractivity contribution < 1.29 is 9.72 Å². The van der Waals surface area contributed by atoms with Crippen molar-refractivity contribution in [3.63, 3.8) is 0 Å². The molecule has 0 aromatic carbocycles. The minimum absolute atomic E-state index is 0.0292. The highest BCUT2D eigenvalue weighted by Crippen LogP contribution is 2.29. The molecule has 0 bridgehead atoms. The second-order valence-corrected chi connectivity index (χ2v) is 4.82. The molecule has 1 amide bonds. The SMILES string of the molecule is CCNc1cc([N+](=O)[O-])cc(N2CCCC2C(=O)NC)n1. The molecule has 21 heavy (non-hydrogen) atoms. The molecule has 0 saturated carbocycles. The van der Waals surface area contributed by atoms with Gasteiger partial charge in [0.2, 0.25) is 5.91 Å². The lowest BCUT2D eigenvalue weighted by Gasteiger charge is -2.24. The van der Waals surface area contributed by atoms with Crippen LogP contribution in [0, 0.1) is 10.1 Å². The van der Waals surface area contributed by atoms with Crippen LogP contribution >= 0.6 is 0 Å². The van der Waals surface area contributed by atoms with Gasteiger partial charge in [-0.05, 0) is 19.8 Å². The van der Waals surface area contributed by atoms with Crippen LogP contribution in [0.25, 0.3) is 0 Å². The Balaban J connectivity index is 2.37. The Morgan fingerprint density at radius 1 is 1.57 bits per heavy atom. The van der Waals surface area contributed by atoms with Crippen LogP contribution in [0.1, 0.15) is 19.8 Å². The van der Waals surface area contributed by atoms with E-state index in [0.717, 1.165) is 12.8 Å². The number of amides is 1. The van der Waals surface area contributed by atoms with Gasteiger partial charge in [0.15, 0.2) is 0 Å². The van der Waals surface area contributed by atoms with Crippen molar-refractivity contribution >= 4 is 23.2 Å². The molecule has 114 valence electrons. The highest BCUT2D eigenvalue weighted by molar-refractivity contribution is 5.85. The van der Waals surface area contributed by atoms with Crippen molar-refractivity contribution in [3.8, 4) is 0 Å². The van der Waals surface area contributed by atoms with Crippen LogP contribution in [0.2, 0.25) is 0 Å². The first kappa shape index (κ1) is 15.0. The normalized spacial score (nSPS) is 17.6. The van der Waals surface area contributed by atoms with E-state index >= 15 is 0 Å². The number of carbonyl (C=O) groups excluding carboxylic acids is 1. The van der Waals surface area contributed by atoms with E-state index in [-0.39, 0.29) is 17.6 Å². The third kappa shape index (κ3) is 3.21. The zero-order valence-electron chi connectivity index (χ0n) is 12.1. The molecular formula is C13H19N5O3. The van der Waals surface area contributed by atoms with E-state index in [4.69, 9.17) is 0 Å². The van der Waals surface area contributed by atoms with Gasteiger partial charge in [0.25, 0.3) is 5.69 Å². The predicted molar refractivity (Wildman–Crippen MR) is 79.5 cm³/mol. The molecule has 2 rings (SSSR count). The Kier molecular flexibility index (Phi) is 4.56. The lowest BCUT2D eigenvalue weighted by atomic mass is 10.2.